The predicted molar refractivity (Wildman–Crippen MR) is 68.5 cm³/mol. The molecule has 5 heteroatoms. The van der Waals surface area contributed by atoms with Crippen LogP contribution in [0.2, 0.25) is 0 Å². The van der Waals surface area contributed by atoms with Crippen LogP contribution >= 0.6 is 0 Å². The summed E-state index contributed by atoms with van der Waals surface area (Å²) >= 11 is 0. The van der Waals surface area contributed by atoms with Crippen molar-refractivity contribution in [3.05, 3.63) is 35.4 Å². The highest BCUT2D eigenvalue weighted by molar-refractivity contribution is 5.77. The summed E-state index contributed by atoms with van der Waals surface area (Å²) in [5, 5.41) is 0. The van der Waals surface area contributed by atoms with E-state index in [-0.39, 0.29) is 31.0 Å². The van der Waals surface area contributed by atoms with Gasteiger partial charge in [-0.25, -0.2) is 4.79 Å². The molecule has 2 N–H and O–H groups in total. The minimum atomic E-state index is -0.861. The van der Waals surface area contributed by atoms with E-state index in [1.165, 1.54) is 11.1 Å². The standard InChI is InChI=1S/C14H17NO4/c1-9-3-2-4-10(7-9)11-8-12(11)13(16)18-5-6-19-14(15)17/h2-4,7,11-12H,5-6,8H2,1H3,(H2,15,17)/t11-,12-/m0/s1. The first-order chi connectivity index (χ1) is 9.08. The van der Waals surface area contributed by atoms with Crippen LogP contribution in [0.15, 0.2) is 24.3 Å². The minimum absolute atomic E-state index is 0.00288. The molecule has 19 heavy (non-hydrogen) atoms. The first-order valence-corrected chi connectivity index (χ1v) is 6.23. The predicted octanol–water partition coefficient (Wildman–Crippen LogP) is 1.74. The number of nitrogens with two attached hydrogens (primary N) is 1. The highest BCUT2D eigenvalue weighted by atomic mass is 16.6. The summed E-state index contributed by atoms with van der Waals surface area (Å²) in [6.45, 7) is 2.09. The largest absolute Gasteiger partial charge is 0.462 e. The lowest BCUT2D eigenvalue weighted by Gasteiger charge is -2.05. The monoisotopic (exact) mass is 263 g/mol. The van der Waals surface area contributed by atoms with Crippen molar-refractivity contribution in [1.82, 2.24) is 0 Å². The molecule has 1 aromatic rings. The average molecular weight is 263 g/mol. The summed E-state index contributed by atoms with van der Waals surface area (Å²) in [5.41, 5.74) is 7.15. The Balaban J connectivity index is 1.76. The molecule has 2 rings (SSSR count). The van der Waals surface area contributed by atoms with E-state index < -0.39 is 6.09 Å². The number of benzene rings is 1. The van der Waals surface area contributed by atoms with Crippen LogP contribution in [0.1, 0.15) is 23.5 Å². The Morgan fingerprint density at radius 1 is 1.32 bits per heavy atom. The number of carbonyl (C=O) groups excluding carboxylic acids is 2. The number of amides is 1. The molecule has 1 aromatic carbocycles. The zero-order valence-electron chi connectivity index (χ0n) is 10.8. The van der Waals surface area contributed by atoms with Gasteiger partial charge >= 0.3 is 12.1 Å². The first-order valence-electron chi connectivity index (χ1n) is 6.23. The van der Waals surface area contributed by atoms with Crippen molar-refractivity contribution in [2.24, 2.45) is 11.7 Å². The lowest BCUT2D eigenvalue weighted by Crippen LogP contribution is -2.18. The van der Waals surface area contributed by atoms with E-state index in [0.717, 1.165) is 6.42 Å². The lowest BCUT2D eigenvalue weighted by molar-refractivity contribution is -0.146. The van der Waals surface area contributed by atoms with Gasteiger partial charge < -0.3 is 15.2 Å². The summed E-state index contributed by atoms with van der Waals surface area (Å²) in [5.74, 6) is -0.0561. The second-order valence-electron chi connectivity index (χ2n) is 4.70. The number of hydrogen-bond donors (Lipinski definition) is 1. The smallest absolute Gasteiger partial charge is 0.404 e. The molecule has 1 amide bonds. The second-order valence-corrected chi connectivity index (χ2v) is 4.70. The van der Waals surface area contributed by atoms with Crippen LogP contribution < -0.4 is 5.73 Å². The zero-order valence-corrected chi connectivity index (χ0v) is 10.8. The van der Waals surface area contributed by atoms with Crippen LogP contribution in [0.4, 0.5) is 4.79 Å². The second kappa shape index (κ2) is 5.73. The third-order valence-electron chi connectivity index (χ3n) is 3.14. The maximum Gasteiger partial charge on any atom is 0.404 e. The van der Waals surface area contributed by atoms with Gasteiger partial charge in [-0.3, -0.25) is 4.79 Å². The fraction of sp³-hybridized carbons (Fsp3) is 0.429. The number of ether oxygens (including phenoxy) is 2. The van der Waals surface area contributed by atoms with Gasteiger partial charge in [0.25, 0.3) is 0 Å². The maximum absolute atomic E-state index is 11.7. The first kappa shape index (κ1) is 13.4. The van der Waals surface area contributed by atoms with Crippen molar-refractivity contribution in [2.75, 3.05) is 13.2 Å². The third-order valence-corrected chi connectivity index (χ3v) is 3.14. The molecular formula is C14H17NO4. The molecule has 0 spiro atoms. The van der Waals surface area contributed by atoms with Crippen LogP contribution in [-0.4, -0.2) is 25.3 Å². The van der Waals surface area contributed by atoms with Gasteiger partial charge in [0.2, 0.25) is 0 Å². The molecule has 0 aromatic heterocycles. The fourth-order valence-corrected chi connectivity index (χ4v) is 2.12. The molecule has 0 saturated heterocycles. The highest BCUT2D eigenvalue weighted by Crippen LogP contribution is 2.48. The van der Waals surface area contributed by atoms with Crippen molar-refractivity contribution < 1.29 is 19.1 Å². The van der Waals surface area contributed by atoms with E-state index in [2.05, 4.69) is 10.8 Å². The van der Waals surface area contributed by atoms with Gasteiger partial charge in [0.05, 0.1) is 5.92 Å². The molecule has 0 heterocycles. The van der Waals surface area contributed by atoms with E-state index in [1.54, 1.807) is 0 Å². The highest BCUT2D eigenvalue weighted by Gasteiger charge is 2.45. The van der Waals surface area contributed by atoms with Crippen LogP contribution in [0.5, 0.6) is 0 Å². The molecule has 1 aliphatic rings. The fourth-order valence-electron chi connectivity index (χ4n) is 2.12. The quantitative estimate of drug-likeness (QED) is 0.648. The van der Waals surface area contributed by atoms with Crippen LogP contribution in [0.3, 0.4) is 0 Å². The number of primary amides is 1. The summed E-state index contributed by atoms with van der Waals surface area (Å²) < 4.78 is 9.51. The van der Waals surface area contributed by atoms with Crippen LogP contribution in [-0.2, 0) is 14.3 Å². The molecular weight excluding hydrogens is 246 g/mol. The number of carbonyl (C=O) groups is 2. The van der Waals surface area contributed by atoms with Gasteiger partial charge in [0.1, 0.15) is 13.2 Å². The Kier molecular flexibility index (Phi) is 4.04. The number of aryl methyl sites for hydroxylation is 1. The molecule has 1 fully saturated rings. The van der Waals surface area contributed by atoms with Crippen molar-refractivity contribution in [3.63, 3.8) is 0 Å². The molecule has 0 aliphatic heterocycles. The van der Waals surface area contributed by atoms with Crippen LogP contribution in [0.25, 0.3) is 0 Å². The number of esters is 1. The van der Waals surface area contributed by atoms with Crippen molar-refractivity contribution in [1.29, 1.82) is 0 Å². The van der Waals surface area contributed by atoms with Gasteiger partial charge in [0.15, 0.2) is 0 Å². The molecule has 0 unspecified atom stereocenters. The van der Waals surface area contributed by atoms with Crippen molar-refractivity contribution >= 4 is 12.1 Å². The lowest BCUT2D eigenvalue weighted by atomic mass is 10.1. The Morgan fingerprint density at radius 2 is 2.05 bits per heavy atom. The van der Waals surface area contributed by atoms with Gasteiger partial charge in [-0.1, -0.05) is 29.8 Å². The zero-order chi connectivity index (χ0) is 13.8. The van der Waals surface area contributed by atoms with E-state index in [9.17, 15) is 9.59 Å². The molecule has 1 aliphatic carbocycles. The van der Waals surface area contributed by atoms with E-state index in [1.807, 2.05) is 25.1 Å². The van der Waals surface area contributed by atoms with Gasteiger partial charge in [-0.2, -0.15) is 0 Å². The average Bonchev–Trinajstić information content (AvgIpc) is 3.14. The molecule has 102 valence electrons. The Labute approximate surface area is 111 Å². The molecule has 0 bridgehead atoms. The number of hydrogen-bond acceptors (Lipinski definition) is 4. The Morgan fingerprint density at radius 3 is 2.74 bits per heavy atom. The normalized spacial score (nSPS) is 20.7. The van der Waals surface area contributed by atoms with E-state index in [4.69, 9.17) is 10.5 Å². The van der Waals surface area contributed by atoms with Crippen LogP contribution in [0, 0.1) is 12.8 Å². The summed E-state index contributed by atoms with van der Waals surface area (Å²) in [4.78, 5) is 22.0. The van der Waals surface area contributed by atoms with Gasteiger partial charge in [0, 0.05) is 0 Å². The third kappa shape index (κ3) is 3.71. The van der Waals surface area contributed by atoms with Gasteiger partial charge in [-0.15, -0.1) is 0 Å². The summed E-state index contributed by atoms with van der Waals surface area (Å²) in [6.07, 6.45) is -0.0426. The van der Waals surface area contributed by atoms with Crippen molar-refractivity contribution in [3.8, 4) is 0 Å². The van der Waals surface area contributed by atoms with Crippen molar-refractivity contribution in [2.45, 2.75) is 19.3 Å². The Bertz CT molecular complexity index is 486. The SMILES string of the molecule is Cc1cccc([C@@H]2C[C@@H]2C(=O)OCCOC(N)=O)c1. The molecule has 2 atom stereocenters. The molecule has 1 saturated carbocycles. The Hall–Kier alpha value is -2.04. The molecule has 5 nitrogen and oxygen atoms in total. The molecule has 0 radical (unpaired) electrons. The topological polar surface area (TPSA) is 78.6 Å². The van der Waals surface area contributed by atoms with E-state index >= 15 is 0 Å². The summed E-state index contributed by atoms with van der Waals surface area (Å²) in [7, 11) is 0. The van der Waals surface area contributed by atoms with Gasteiger partial charge in [-0.05, 0) is 24.8 Å². The van der Waals surface area contributed by atoms with E-state index in [0.29, 0.717) is 0 Å². The summed E-state index contributed by atoms with van der Waals surface area (Å²) in [6, 6.07) is 8.14. The minimum Gasteiger partial charge on any atom is -0.462 e. The number of rotatable bonds is 5. The maximum atomic E-state index is 11.7.